The average molecular weight is 696 g/mol. The van der Waals surface area contributed by atoms with E-state index < -0.39 is 57.2 Å². The van der Waals surface area contributed by atoms with Crippen LogP contribution in [-0.4, -0.2) is 78.2 Å². The molecular formula is C38H41N5O6S. The van der Waals surface area contributed by atoms with Crippen molar-refractivity contribution in [2.45, 2.75) is 105 Å². The van der Waals surface area contributed by atoms with Crippen molar-refractivity contribution in [3.8, 4) is 0 Å². The molecule has 1 aliphatic carbocycles. The Morgan fingerprint density at radius 1 is 0.700 bits per heavy atom. The number of para-hydroxylation sites is 1. The fourth-order valence-corrected chi connectivity index (χ4v) is 12.2. The Morgan fingerprint density at radius 3 is 1.90 bits per heavy atom. The number of nitrogens with one attached hydrogen (secondary N) is 2. The van der Waals surface area contributed by atoms with E-state index in [2.05, 4.69) is 10.6 Å². The van der Waals surface area contributed by atoms with E-state index in [-0.39, 0.29) is 48.8 Å². The summed E-state index contributed by atoms with van der Waals surface area (Å²) in [5.74, 6) is -1.06. The van der Waals surface area contributed by atoms with Crippen molar-refractivity contribution in [3.05, 3.63) is 95.6 Å². The first-order chi connectivity index (χ1) is 23.6. The van der Waals surface area contributed by atoms with Crippen molar-refractivity contribution in [1.29, 1.82) is 0 Å². The lowest BCUT2D eigenvalue weighted by Crippen LogP contribution is -2.68. The molecule has 0 bridgehead atoms. The molecule has 0 aromatic heterocycles. The highest BCUT2D eigenvalue weighted by Gasteiger charge is 2.79. The van der Waals surface area contributed by atoms with Crippen LogP contribution in [0.2, 0.25) is 0 Å². The third-order valence-electron chi connectivity index (χ3n) is 12.3. The van der Waals surface area contributed by atoms with Crippen LogP contribution in [0.1, 0.15) is 63.6 Å². The third-order valence-corrected chi connectivity index (χ3v) is 14.1. The Kier molecular flexibility index (Phi) is 7.08. The van der Waals surface area contributed by atoms with E-state index in [0.717, 1.165) is 11.1 Å². The predicted octanol–water partition coefficient (Wildman–Crippen LogP) is 2.98. The Morgan fingerprint density at radius 2 is 1.24 bits per heavy atom. The predicted molar refractivity (Wildman–Crippen MR) is 185 cm³/mol. The average Bonchev–Trinajstić information content (AvgIpc) is 3.82. The largest absolute Gasteiger partial charge is 0.343 e. The summed E-state index contributed by atoms with van der Waals surface area (Å²) in [6, 6.07) is 19.7. The Labute approximate surface area is 292 Å². The molecule has 6 aliphatic rings. The minimum Gasteiger partial charge on any atom is -0.343 e. The lowest BCUT2D eigenvalue weighted by atomic mass is 9.53. The van der Waals surface area contributed by atoms with Crippen LogP contribution >= 0.6 is 0 Å². The number of carbonyl (C=O) groups excluding carboxylic acids is 4. The van der Waals surface area contributed by atoms with Gasteiger partial charge in [0.2, 0.25) is 23.6 Å². The van der Waals surface area contributed by atoms with E-state index >= 15 is 8.42 Å². The molecule has 3 aromatic rings. The molecule has 4 amide bonds. The summed E-state index contributed by atoms with van der Waals surface area (Å²) in [4.78, 5) is 60.3. The van der Waals surface area contributed by atoms with Gasteiger partial charge in [-0.1, -0.05) is 81.9 Å². The lowest BCUT2D eigenvalue weighted by Gasteiger charge is -2.50. The van der Waals surface area contributed by atoms with E-state index in [1.807, 2.05) is 50.2 Å². The van der Waals surface area contributed by atoms with E-state index in [9.17, 15) is 19.2 Å². The van der Waals surface area contributed by atoms with Gasteiger partial charge in [0, 0.05) is 11.5 Å². The Bertz CT molecular complexity index is 2070. The summed E-state index contributed by atoms with van der Waals surface area (Å²) in [5.41, 5.74) is 0.852. The van der Waals surface area contributed by atoms with Gasteiger partial charge < -0.3 is 20.4 Å². The quantitative estimate of drug-likeness (QED) is 0.422. The number of benzene rings is 3. The monoisotopic (exact) mass is 695 g/mol. The fraction of sp³-hybridized carbons (Fsp3) is 0.421. The Hall–Kier alpha value is -4.71. The van der Waals surface area contributed by atoms with Gasteiger partial charge in [0.05, 0.1) is 16.0 Å². The number of rotatable bonds is 5. The Balaban J connectivity index is 0.00000361. The summed E-state index contributed by atoms with van der Waals surface area (Å²) in [5, 5.41) is 5.87. The van der Waals surface area contributed by atoms with Crippen molar-refractivity contribution in [1.82, 2.24) is 20.4 Å². The third kappa shape index (κ3) is 3.72. The SMILES string of the molecule is C.CC[C@@H]1NC(=O)[C@@H]2CC3([C@]45C[C@H]6C(=O)N[C@@H](CC)C(=O)N6[C@H]4N(S(=O)(=O)c4ccccc4)c4ccccc45)c4ccccc4C[C@@H]3N2C1=O. The second-order valence-corrected chi connectivity index (χ2v) is 16.0. The summed E-state index contributed by atoms with van der Waals surface area (Å²) in [6.45, 7) is 3.69. The lowest BCUT2D eigenvalue weighted by molar-refractivity contribution is -0.149. The summed E-state index contributed by atoms with van der Waals surface area (Å²) in [6.07, 6.45) is 0.450. The van der Waals surface area contributed by atoms with Crippen molar-refractivity contribution < 1.29 is 27.6 Å². The summed E-state index contributed by atoms with van der Waals surface area (Å²) in [7, 11) is -4.31. The van der Waals surface area contributed by atoms with Crippen LogP contribution in [-0.2, 0) is 46.5 Å². The number of fused-ring (bicyclic) bond motifs is 11. The molecule has 3 aromatic carbocycles. The zero-order valence-corrected chi connectivity index (χ0v) is 28.0. The van der Waals surface area contributed by atoms with Crippen LogP contribution in [0, 0.1) is 0 Å². The van der Waals surface area contributed by atoms with Crippen molar-refractivity contribution in [2.75, 3.05) is 4.31 Å². The molecular weight excluding hydrogens is 655 g/mol. The van der Waals surface area contributed by atoms with Crippen LogP contribution < -0.4 is 14.9 Å². The normalized spacial score (nSPS) is 33.4. The first kappa shape index (κ1) is 32.5. The molecule has 11 nitrogen and oxygen atoms in total. The highest BCUT2D eigenvalue weighted by molar-refractivity contribution is 7.92. The minimum atomic E-state index is -4.31. The van der Waals surface area contributed by atoms with Crippen LogP contribution in [0.5, 0.6) is 0 Å². The number of piperazine rings is 2. The molecule has 8 atom stereocenters. The molecule has 4 fully saturated rings. The number of anilines is 1. The summed E-state index contributed by atoms with van der Waals surface area (Å²) < 4.78 is 31.5. The zero-order valence-electron chi connectivity index (χ0n) is 27.2. The fourth-order valence-electron chi connectivity index (χ4n) is 10.5. The first-order valence-electron chi connectivity index (χ1n) is 17.1. The molecule has 260 valence electrons. The second-order valence-electron chi connectivity index (χ2n) is 14.2. The molecule has 1 unspecified atom stereocenters. The topological polar surface area (TPSA) is 136 Å². The van der Waals surface area contributed by atoms with Crippen LogP contribution in [0.25, 0.3) is 0 Å². The second kappa shape index (κ2) is 10.9. The van der Waals surface area contributed by atoms with Gasteiger partial charge in [-0.3, -0.25) is 19.2 Å². The molecule has 5 heterocycles. The maximum atomic E-state index is 15.0. The molecule has 0 saturated carbocycles. The maximum absolute atomic E-state index is 15.0. The molecule has 12 heteroatoms. The van der Waals surface area contributed by atoms with Crippen molar-refractivity contribution in [2.24, 2.45) is 0 Å². The first-order valence-corrected chi connectivity index (χ1v) is 18.6. The molecule has 5 aliphatic heterocycles. The summed E-state index contributed by atoms with van der Waals surface area (Å²) >= 11 is 0. The van der Waals surface area contributed by atoms with Gasteiger partial charge in [-0.15, -0.1) is 0 Å². The maximum Gasteiger partial charge on any atom is 0.266 e. The van der Waals surface area contributed by atoms with Gasteiger partial charge in [0.25, 0.3) is 10.0 Å². The highest BCUT2D eigenvalue weighted by atomic mass is 32.2. The molecule has 50 heavy (non-hydrogen) atoms. The highest BCUT2D eigenvalue weighted by Crippen LogP contribution is 2.70. The van der Waals surface area contributed by atoms with E-state index in [4.69, 9.17) is 0 Å². The van der Waals surface area contributed by atoms with Gasteiger partial charge in [-0.05, 0) is 67.0 Å². The minimum absolute atomic E-state index is 0. The smallest absolute Gasteiger partial charge is 0.266 e. The van der Waals surface area contributed by atoms with Gasteiger partial charge in [-0.2, -0.15) is 0 Å². The van der Waals surface area contributed by atoms with E-state index in [1.165, 1.54) is 9.21 Å². The van der Waals surface area contributed by atoms with Gasteiger partial charge >= 0.3 is 0 Å². The van der Waals surface area contributed by atoms with Crippen LogP contribution in [0.3, 0.4) is 0 Å². The number of nitrogens with zero attached hydrogens (tertiary/aromatic N) is 3. The van der Waals surface area contributed by atoms with Gasteiger partial charge in [-0.25, -0.2) is 12.7 Å². The van der Waals surface area contributed by atoms with Crippen molar-refractivity contribution in [3.63, 3.8) is 0 Å². The van der Waals surface area contributed by atoms with E-state index in [1.54, 1.807) is 47.4 Å². The molecule has 4 saturated heterocycles. The number of carbonyl (C=O) groups is 4. The molecule has 9 rings (SSSR count). The molecule has 0 spiro atoms. The standard InChI is InChI=1S/C37H37N5O6S.CH4/c1-3-25-33(45)40-28(31(43)38-25)19-36(23-15-9-8-12-21(23)18-30(36)40)37-20-29-32(44)39-26(4-2)34(46)41(29)35(37)42(27-17-11-10-16-24(27)37)49(47,48)22-13-6-5-7-14-22;/h5-17,25-26,28-30,35H,3-4,18-20H2,1-2H3,(H,38,43)(H,39,44);1H4/t25-,26-,28-,29-,30-,35-,36?,37-;/m0./s1. The number of amides is 4. The van der Waals surface area contributed by atoms with Crippen molar-refractivity contribution >= 4 is 39.3 Å². The molecule has 2 N–H and O–H groups in total. The van der Waals surface area contributed by atoms with E-state index in [0.29, 0.717) is 30.5 Å². The van der Waals surface area contributed by atoms with Crippen LogP contribution in [0.4, 0.5) is 5.69 Å². The zero-order chi connectivity index (χ0) is 34.0. The number of hydrogen-bond donors (Lipinski definition) is 2. The van der Waals surface area contributed by atoms with Gasteiger partial charge in [0.1, 0.15) is 30.3 Å². The number of sulfonamides is 1. The number of hydrogen-bond acceptors (Lipinski definition) is 6. The molecule has 0 radical (unpaired) electrons. The van der Waals surface area contributed by atoms with Gasteiger partial charge in [0.15, 0.2) is 0 Å². The van der Waals surface area contributed by atoms with Crippen LogP contribution in [0.15, 0.2) is 83.8 Å².